The van der Waals surface area contributed by atoms with Gasteiger partial charge >= 0.3 is 0 Å². The Hall–Kier alpha value is -0.570. The normalized spacial score (nSPS) is 13.0. The molecule has 0 heterocycles. The number of amides is 1. The molecule has 0 aliphatic rings. The summed E-state index contributed by atoms with van der Waals surface area (Å²) in [5, 5.41) is 2.90. The molecule has 0 aliphatic carbocycles. The molecule has 3 N–H and O–H groups in total. The number of rotatable bonds is 6. The lowest BCUT2D eigenvalue weighted by molar-refractivity contribution is -0.125. The summed E-state index contributed by atoms with van der Waals surface area (Å²) in [4.78, 5) is 11.5. The first-order valence-electron chi connectivity index (χ1n) is 5.09. The molecule has 13 heavy (non-hydrogen) atoms. The fourth-order valence-corrected chi connectivity index (χ4v) is 1.15. The molecule has 0 aromatic carbocycles. The highest BCUT2D eigenvalue weighted by atomic mass is 16.1. The smallest absolute Gasteiger partial charge is 0.224 e. The molecule has 0 spiro atoms. The van der Waals surface area contributed by atoms with Crippen molar-refractivity contribution in [3.63, 3.8) is 0 Å². The molecule has 1 atom stereocenters. The van der Waals surface area contributed by atoms with Gasteiger partial charge in [0.05, 0.1) is 5.92 Å². The third kappa shape index (κ3) is 5.64. The van der Waals surface area contributed by atoms with Crippen LogP contribution in [-0.2, 0) is 4.79 Å². The van der Waals surface area contributed by atoms with Crippen molar-refractivity contribution in [3.8, 4) is 0 Å². The van der Waals surface area contributed by atoms with Crippen LogP contribution in [0.3, 0.4) is 0 Å². The zero-order chi connectivity index (χ0) is 10.3. The summed E-state index contributed by atoms with van der Waals surface area (Å²) in [5.41, 5.74) is 5.51. The molecule has 0 radical (unpaired) electrons. The van der Waals surface area contributed by atoms with Gasteiger partial charge in [-0.3, -0.25) is 4.79 Å². The van der Waals surface area contributed by atoms with Gasteiger partial charge in [-0.15, -0.1) is 0 Å². The Labute approximate surface area is 81.1 Å². The lowest BCUT2D eigenvalue weighted by atomic mass is 10.0. The van der Waals surface area contributed by atoms with Crippen molar-refractivity contribution in [2.75, 3.05) is 13.1 Å². The van der Waals surface area contributed by atoms with Crippen LogP contribution in [0.5, 0.6) is 0 Å². The van der Waals surface area contributed by atoms with E-state index in [1.807, 2.05) is 0 Å². The van der Waals surface area contributed by atoms with Gasteiger partial charge in [-0.25, -0.2) is 0 Å². The zero-order valence-corrected chi connectivity index (χ0v) is 8.97. The number of carbonyl (C=O) groups excluding carboxylic acids is 1. The van der Waals surface area contributed by atoms with Crippen LogP contribution in [0.15, 0.2) is 0 Å². The van der Waals surface area contributed by atoms with Gasteiger partial charge in [-0.1, -0.05) is 27.2 Å². The fraction of sp³-hybridized carbons (Fsp3) is 0.900. The van der Waals surface area contributed by atoms with Crippen molar-refractivity contribution in [2.24, 2.45) is 17.6 Å². The Morgan fingerprint density at radius 1 is 1.46 bits per heavy atom. The maximum atomic E-state index is 11.5. The Morgan fingerprint density at radius 3 is 2.46 bits per heavy atom. The van der Waals surface area contributed by atoms with E-state index in [2.05, 4.69) is 26.1 Å². The van der Waals surface area contributed by atoms with Crippen LogP contribution in [0.25, 0.3) is 0 Å². The number of hydrogen-bond acceptors (Lipinski definition) is 2. The third-order valence-electron chi connectivity index (χ3n) is 1.98. The van der Waals surface area contributed by atoms with Gasteiger partial charge in [0, 0.05) is 13.1 Å². The van der Waals surface area contributed by atoms with Gasteiger partial charge in [0.25, 0.3) is 0 Å². The van der Waals surface area contributed by atoms with Gasteiger partial charge in [0.15, 0.2) is 0 Å². The van der Waals surface area contributed by atoms with Gasteiger partial charge in [0.1, 0.15) is 0 Å². The Kier molecular flexibility index (Phi) is 6.59. The zero-order valence-electron chi connectivity index (χ0n) is 8.97. The van der Waals surface area contributed by atoms with E-state index in [9.17, 15) is 4.79 Å². The minimum atomic E-state index is 0.00347. The van der Waals surface area contributed by atoms with Crippen LogP contribution in [0.1, 0.15) is 33.6 Å². The van der Waals surface area contributed by atoms with E-state index in [0.717, 1.165) is 19.4 Å². The molecule has 0 saturated heterocycles. The molecule has 3 heteroatoms. The van der Waals surface area contributed by atoms with E-state index < -0.39 is 0 Å². The SMILES string of the molecule is CCCC(CN)C(=O)NCC(C)C. The quantitative estimate of drug-likeness (QED) is 0.653. The third-order valence-corrected chi connectivity index (χ3v) is 1.98. The number of hydrogen-bond donors (Lipinski definition) is 2. The Bertz CT molecular complexity index is 146. The van der Waals surface area contributed by atoms with Gasteiger partial charge < -0.3 is 11.1 Å². The largest absolute Gasteiger partial charge is 0.356 e. The summed E-state index contributed by atoms with van der Waals surface area (Å²) in [5.74, 6) is 0.616. The van der Waals surface area contributed by atoms with Crippen LogP contribution < -0.4 is 11.1 Å². The number of nitrogens with two attached hydrogens (primary N) is 1. The summed E-state index contributed by atoms with van der Waals surface area (Å²) >= 11 is 0. The number of nitrogens with one attached hydrogen (secondary N) is 1. The molecule has 0 aromatic rings. The average molecular weight is 186 g/mol. The molecule has 1 unspecified atom stereocenters. The van der Waals surface area contributed by atoms with Crippen LogP contribution in [0, 0.1) is 11.8 Å². The maximum absolute atomic E-state index is 11.5. The molecule has 0 rings (SSSR count). The lowest BCUT2D eigenvalue weighted by Crippen LogP contribution is -2.36. The minimum Gasteiger partial charge on any atom is -0.356 e. The number of carbonyl (C=O) groups is 1. The second-order valence-corrected chi connectivity index (χ2v) is 3.86. The van der Waals surface area contributed by atoms with E-state index in [0.29, 0.717) is 12.5 Å². The van der Waals surface area contributed by atoms with Crippen molar-refractivity contribution in [2.45, 2.75) is 33.6 Å². The molecule has 1 amide bonds. The molecule has 0 aliphatic heterocycles. The summed E-state index contributed by atoms with van der Waals surface area (Å²) in [6.07, 6.45) is 1.90. The van der Waals surface area contributed by atoms with Crippen molar-refractivity contribution in [1.29, 1.82) is 0 Å². The second kappa shape index (κ2) is 6.89. The van der Waals surface area contributed by atoms with Crippen molar-refractivity contribution < 1.29 is 4.79 Å². The maximum Gasteiger partial charge on any atom is 0.224 e. The van der Waals surface area contributed by atoms with Crippen molar-refractivity contribution in [1.82, 2.24) is 5.32 Å². The highest BCUT2D eigenvalue weighted by Crippen LogP contribution is 2.04. The summed E-state index contributed by atoms with van der Waals surface area (Å²) in [6.45, 7) is 7.43. The van der Waals surface area contributed by atoms with E-state index in [1.54, 1.807) is 0 Å². The summed E-state index contributed by atoms with van der Waals surface area (Å²) in [7, 11) is 0. The van der Waals surface area contributed by atoms with E-state index in [4.69, 9.17) is 5.73 Å². The van der Waals surface area contributed by atoms with Crippen molar-refractivity contribution in [3.05, 3.63) is 0 Å². The standard InChI is InChI=1S/C10H22N2O/c1-4-5-9(6-11)10(13)12-7-8(2)3/h8-9H,4-7,11H2,1-3H3,(H,12,13). The highest BCUT2D eigenvalue weighted by molar-refractivity contribution is 5.78. The first kappa shape index (κ1) is 12.4. The first-order valence-corrected chi connectivity index (χ1v) is 5.09. The monoisotopic (exact) mass is 186 g/mol. The summed E-state index contributed by atoms with van der Waals surface area (Å²) < 4.78 is 0. The summed E-state index contributed by atoms with van der Waals surface area (Å²) in [6, 6.07) is 0. The van der Waals surface area contributed by atoms with Crippen LogP contribution in [0.2, 0.25) is 0 Å². The van der Waals surface area contributed by atoms with Crippen LogP contribution in [0.4, 0.5) is 0 Å². The molecule has 0 fully saturated rings. The fourth-order valence-electron chi connectivity index (χ4n) is 1.15. The van der Waals surface area contributed by atoms with E-state index in [-0.39, 0.29) is 11.8 Å². The predicted octanol–water partition coefficient (Wildman–Crippen LogP) is 1.13. The van der Waals surface area contributed by atoms with Crippen molar-refractivity contribution >= 4 is 5.91 Å². The molecule has 0 aromatic heterocycles. The molecule has 0 saturated carbocycles. The van der Waals surface area contributed by atoms with Crippen LogP contribution >= 0.6 is 0 Å². The van der Waals surface area contributed by atoms with Crippen LogP contribution in [-0.4, -0.2) is 19.0 Å². The van der Waals surface area contributed by atoms with Gasteiger partial charge in [0.2, 0.25) is 5.91 Å². The molecule has 3 nitrogen and oxygen atoms in total. The average Bonchev–Trinajstić information content (AvgIpc) is 2.10. The molecule has 0 bridgehead atoms. The first-order chi connectivity index (χ1) is 6.11. The molecular formula is C10H22N2O. The Balaban J connectivity index is 3.77. The Morgan fingerprint density at radius 2 is 2.08 bits per heavy atom. The molecular weight excluding hydrogens is 164 g/mol. The van der Waals surface area contributed by atoms with Gasteiger partial charge in [-0.2, -0.15) is 0 Å². The van der Waals surface area contributed by atoms with E-state index in [1.165, 1.54) is 0 Å². The topological polar surface area (TPSA) is 55.1 Å². The minimum absolute atomic E-state index is 0.00347. The lowest BCUT2D eigenvalue weighted by Gasteiger charge is -2.14. The molecule has 78 valence electrons. The highest BCUT2D eigenvalue weighted by Gasteiger charge is 2.14. The predicted molar refractivity (Wildman–Crippen MR) is 55.3 cm³/mol. The van der Waals surface area contributed by atoms with Gasteiger partial charge in [-0.05, 0) is 12.3 Å². The second-order valence-electron chi connectivity index (χ2n) is 3.86. The van der Waals surface area contributed by atoms with E-state index >= 15 is 0 Å².